The first-order valence-corrected chi connectivity index (χ1v) is 6.76. The van der Waals surface area contributed by atoms with Crippen molar-refractivity contribution in [2.75, 3.05) is 0 Å². The van der Waals surface area contributed by atoms with Gasteiger partial charge < -0.3 is 14.9 Å². The molecule has 1 fully saturated rings. The molecule has 0 bridgehead atoms. The Bertz CT molecular complexity index is 650. The van der Waals surface area contributed by atoms with E-state index in [1.165, 1.54) is 0 Å². The highest BCUT2D eigenvalue weighted by Crippen LogP contribution is 2.33. The van der Waals surface area contributed by atoms with E-state index in [4.69, 9.17) is 4.74 Å². The van der Waals surface area contributed by atoms with Crippen LogP contribution in [0.25, 0.3) is 10.8 Å². The summed E-state index contributed by atoms with van der Waals surface area (Å²) in [4.78, 5) is 11.4. The summed E-state index contributed by atoms with van der Waals surface area (Å²) < 4.78 is 5.86. The summed E-state index contributed by atoms with van der Waals surface area (Å²) in [5.41, 5.74) is 0.141. The average Bonchev–Trinajstić information content (AvgIpc) is 2.84. The zero-order chi connectivity index (χ0) is 14.1. The SMILES string of the molecule is O=C(O)c1ccc2ccccc2c1OC1CCCC1O. The number of benzene rings is 2. The smallest absolute Gasteiger partial charge is 0.339 e. The molecule has 0 heterocycles. The van der Waals surface area contributed by atoms with Crippen LogP contribution < -0.4 is 4.74 Å². The van der Waals surface area contributed by atoms with E-state index in [1.807, 2.05) is 24.3 Å². The first kappa shape index (κ1) is 12.9. The van der Waals surface area contributed by atoms with Crippen molar-refractivity contribution in [2.24, 2.45) is 0 Å². The molecule has 4 heteroatoms. The fourth-order valence-corrected chi connectivity index (χ4v) is 2.73. The van der Waals surface area contributed by atoms with E-state index >= 15 is 0 Å². The monoisotopic (exact) mass is 272 g/mol. The van der Waals surface area contributed by atoms with Gasteiger partial charge in [0.05, 0.1) is 6.10 Å². The van der Waals surface area contributed by atoms with Crippen molar-refractivity contribution in [2.45, 2.75) is 31.5 Å². The van der Waals surface area contributed by atoms with Crippen molar-refractivity contribution in [3.8, 4) is 5.75 Å². The van der Waals surface area contributed by atoms with Gasteiger partial charge in [-0.15, -0.1) is 0 Å². The standard InChI is InChI=1S/C16H16O4/c17-13-6-3-7-14(13)20-15-11-5-2-1-4-10(11)8-9-12(15)16(18)19/h1-2,4-5,8-9,13-14,17H,3,6-7H2,(H,18,19). The molecule has 2 atom stereocenters. The summed E-state index contributed by atoms with van der Waals surface area (Å²) in [6.45, 7) is 0. The van der Waals surface area contributed by atoms with Gasteiger partial charge in [-0.2, -0.15) is 0 Å². The van der Waals surface area contributed by atoms with Gasteiger partial charge in [-0.3, -0.25) is 0 Å². The van der Waals surface area contributed by atoms with E-state index in [0.29, 0.717) is 12.2 Å². The highest BCUT2D eigenvalue weighted by atomic mass is 16.5. The van der Waals surface area contributed by atoms with Crippen LogP contribution in [0.2, 0.25) is 0 Å². The van der Waals surface area contributed by atoms with Crippen LogP contribution in [0, 0.1) is 0 Å². The molecule has 1 aliphatic carbocycles. The molecule has 2 N–H and O–H groups in total. The number of aliphatic hydroxyl groups is 1. The van der Waals surface area contributed by atoms with Gasteiger partial charge in [-0.05, 0) is 30.7 Å². The average molecular weight is 272 g/mol. The molecule has 4 nitrogen and oxygen atoms in total. The van der Waals surface area contributed by atoms with Crippen LogP contribution in [0.4, 0.5) is 0 Å². The topological polar surface area (TPSA) is 66.8 Å². The first-order valence-electron chi connectivity index (χ1n) is 6.76. The Morgan fingerprint density at radius 3 is 2.65 bits per heavy atom. The first-order chi connectivity index (χ1) is 9.66. The molecule has 0 spiro atoms. The number of fused-ring (bicyclic) bond motifs is 1. The van der Waals surface area contributed by atoms with Crippen LogP contribution in [-0.4, -0.2) is 28.4 Å². The van der Waals surface area contributed by atoms with Crippen molar-refractivity contribution in [3.63, 3.8) is 0 Å². The Labute approximate surface area is 116 Å². The molecule has 1 saturated carbocycles. The third-order valence-corrected chi connectivity index (χ3v) is 3.80. The van der Waals surface area contributed by atoms with E-state index in [0.717, 1.165) is 23.6 Å². The zero-order valence-electron chi connectivity index (χ0n) is 11.0. The van der Waals surface area contributed by atoms with Crippen molar-refractivity contribution in [1.29, 1.82) is 0 Å². The Kier molecular flexibility index (Phi) is 3.32. The molecule has 1 aliphatic rings. The molecule has 104 valence electrons. The van der Waals surface area contributed by atoms with Gasteiger partial charge in [0, 0.05) is 5.39 Å². The summed E-state index contributed by atoms with van der Waals surface area (Å²) in [5.74, 6) is -0.653. The van der Waals surface area contributed by atoms with Crippen LogP contribution >= 0.6 is 0 Å². The minimum Gasteiger partial charge on any atom is -0.486 e. The molecular formula is C16H16O4. The van der Waals surface area contributed by atoms with Gasteiger partial charge in [0.15, 0.2) is 0 Å². The number of carboxylic acid groups (broad SMARTS) is 1. The number of hydrogen-bond donors (Lipinski definition) is 2. The van der Waals surface area contributed by atoms with E-state index in [9.17, 15) is 15.0 Å². The summed E-state index contributed by atoms with van der Waals surface area (Å²) in [6.07, 6.45) is 1.52. The molecule has 0 aliphatic heterocycles. The van der Waals surface area contributed by atoms with Crippen LogP contribution in [0.3, 0.4) is 0 Å². The largest absolute Gasteiger partial charge is 0.486 e. The molecule has 2 unspecified atom stereocenters. The van der Waals surface area contributed by atoms with Crippen LogP contribution in [-0.2, 0) is 0 Å². The number of carbonyl (C=O) groups is 1. The van der Waals surface area contributed by atoms with Gasteiger partial charge >= 0.3 is 5.97 Å². The van der Waals surface area contributed by atoms with E-state index in [2.05, 4.69) is 0 Å². The lowest BCUT2D eigenvalue weighted by atomic mass is 10.0. The van der Waals surface area contributed by atoms with E-state index < -0.39 is 12.1 Å². The minimum absolute atomic E-state index is 0.141. The van der Waals surface area contributed by atoms with Crippen molar-refractivity contribution < 1.29 is 19.7 Å². The number of rotatable bonds is 3. The van der Waals surface area contributed by atoms with E-state index in [1.54, 1.807) is 12.1 Å². The molecule has 0 saturated heterocycles. The van der Waals surface area contributed by atoms with Gasteiger partial charge in [0.25, 0.3) is 0 Å². The van der Waals surface area contributed by atoms with Crippen molar-refractivity contribution in [3.05, 3.63) is 42.0 Å². The predicted molar refractivity (Wildman–Crippen MR) is 75.2 cm³/mol. The molecule has 20 heavy (non-hydrogen) atoms. The minimum atomic E-state index is -1.02. The van der Waals surface area contributed by atoms with Crippen LogP contribution in [0.1, 0.15) is 29.6 Å². The molecule has 2 aromatic carbocycles. The lowest BCUT2D eigenvalue weighted by molar-refractivity contribution is 0.0569. The number of aromatic carboxylic acids is 1. The second-order valence-corrected chi connectivity index (χ2v) is 5.12. The van der Waals surface area contributed by atoms with Crippen LogP contribution in [0.15, 0.2) is 36.4 Å². The van der Waals surface area contributed by atoms with Gasteiger partial charge in [-0.1, -0.05) is 30.3 Å². The van der Waals surface area contributed by atoms with Crippen molar-refractivity contribution >= 4 is 16.7 Å². The summed E-state index contributed by atoms with van der Waals surface area (Å²) >= 11 is 0. The normalized spacial score (nSPS) is 22.1. The maximum absolute atomic E-state index is 11.4. The lowest BCUT2D eigenvalue weighted by Crippen LogP contribution is -2.26. The van der Waals surface area contributed by atoms with Gasteiger partial charge in [0.1, 0.15) is 17.4 Å². The third-order valence-electron chi connectivity index (χ3n) is 3.80. The lowest BCUT2D eigenvalue weighted by Gasteiger charge is -2.20. The quantitative estimate of drug-likeness (QED) is 0.901. The third kappa shape index (κ3) is 2.23. The Morgan fingerprint density at radius 1 is 1.15 bits per heavy atom. The zero-order valence-corrected chi connectivity index (χ0v) is 11.0. The molecule has 0 aromatic heterocycles. The molecule has 0 radical (unpaired) electrons. The fourth-order valence-electron chi connectivity index (χ4n) is 2.73. The number of aliphatic hydroxyl groups excluding tert-OH is 1. The number of hydrogen-bond acceptors (Lipinski definition) is 3. The second kappa shape index (κ2) is 5.13. The number of carboxylic acids is 1. The maximum Gasteiger partial charge on any atom is 0.339 e. The summed E-state index contributed by atoms with van der Waals surface area (Å²) in [5, 5.41) is 20.9. The number of ether oxygens (including phenoxy) is 1. The highest BCUT2D eigenvalue weighted by molar-refractivity contribution is 6.00. The summed E-state index contributed by atoms with van der Waals surface area (Å²) in [6, 6.07) is 10.8. The molecule has 0 amide bonds. The highest BCUT2D eigenvalue weighted by Gasteiger charge is 2.29. The van der Waals surface area contributed by atoms with Gasteiger partial charge in [0.2, 0.25) is 0 Å². The fraction of sp³-hybridized carbons (Fsp3) is 0.312. The second-order valence-electron chi connectivity index (χ2n) is 5.12. The van der Waals surface area contributed by atoms with Gasteiger partial charge in [-0.25, -0.2) is 4.79 Å². The molecule has 3 rings (SSSR count). The van der Waals surface area contributed by atoms with Crippen molar-refractivity contribution in [1.82, 2.24) is 0 Å². The molecular weight excluding hydrogens is 256 g/mol. The van der Waals surface area contributed by atoms with Crippen LogP contribution in [0.5, 0.6) is 5.75 Å². The Morgan fingerprint density at radius 2 is 1.95 bits per heavy atom. The predicted octanol–water partition coefficient (Wildman–Crippen LogP) is 2.83. The summed E-state index contributed by atoms with van der Waals surface area (Å²) in [7, 11) is 0. The Balaban J connectivity index is 2.09. The van der Waals surface area contributed by atoms with E-state index in [-0.39, 0.29) is 11.7 Å². The Hall–Kier alpha value is -2.07. The molecule has 2 aromatic rings. The maximum atomic E-state index is 11.4.